The Morgan fingerprint density at radius 1 is 1.60 bits per heavy atom. The van der Waals surface area contributed by atoms with E-state index in [0.717, 1.165) is 13.1 Å². The highest BCUT2D eigenvalue weighted by molar-refractivity contribution is 5.85. The molecule has 1 N–H and O–H groups in total. The van der Waals surface area contributed by atoms with Crippen molar-refractivity contribution in [1.29, 1.82) is 0 Å². The monoisotopic (exact) mass is 236 g/mol. The lowest BCUT2D eigenvalue weighted by atomic mass is 9.99. The van der Waals surface area contributed by atoms with Gasteiger partial charge in [0, 0.05) is 19.4 Å². The molecule has 0 aromatic rings. The van der Waals surface area contributed by atoms with Gasteiger partial charge in [-0.25, -0.2) is 4.39 Å². The summed E-state index contributed by atoms with van der Waals surface area (Å²) in [7, 11) is 0. The Labute approximate surface area is 95.8 Å². The maximum absolute atomic E-state index is 13.4. The fourth-order valence-electron chi connectivity index (χ4n) is 2.01. The highest BCUT2D eigenvalue weighted by Gasteiger charge is 2.36. The number of rotatable bonds is 2. The second kappa shape index (κ2) is 4.66. The van der Waals surface area contributed by atoms with Crippen LogP contribution in [0.3, 0.4) is 0 Å². The van der Waals surface area contributed by atoms with Gasteiger partial charge >= 0.3 is 0 Å². The van der Waals surface area contributed by atoms with Crippen molar-refractivity contribution in [3.63, 3.8) is 0 Å². The van der Waals surface area contributed by atoms with Crippen molar-refractivity contribution < 1.29 is 9.18 Å². The SMILES string of the molecule is CC1(F)CCN(C(=O)CC2CNC2)C1.Cl. The number of hydrogen-bond donors (Lipinski definition) is 1. The van der Waals surface area contributed by atoms with Crippen LogP contribution in [0.25, 0.3) is 0 Å². The lowest BCUT2D eigenvalue weighted by Gasteiger charge is -2.28. The summed E-state index contributed by atoms with van der Waals surface area (Å²) >= 11 is 0. The maximum atomic E-state index is 13.4. The van der Waals surface area contributed by atoms with Gasteiger partial charge in [0.2, 0.25) is 5.91 Å². The highest BCUT2D eigenvalue weighted by Crippen LogP contribution is 2.25. The van der Waals surface area contributed by atoms with Crippen molar-refractivity contribution in [1.82, 2.24) is 10.2 Å². The quantitative estimate of drug-likeness (QED) is 0.775. The van der Waals surface area contributed by atoms with E-state index in [2.05, 4.69) is 5.32 Å². The molecule has 0 spiro atoms. The molecule has 5 heteroatoms. The molecule has 2 saturated heterocycles. The Kier molecular flexibility index (Phi) is 3.95. The van der Waals surface area contributed by atoms with Crippen LogP contribution in [0, 0.1) is 5.92 Å². The van der Waals surface area contributed by atoms with Gasteiger partial charge in [-0.1, -0.05) is 0 Å². The molecule has 3 nitrogen and oxygen atoms in total. The number of likely N-dealkylation sites (tertiary alicyclic amines) is 1. The van der Waals surface area contributed by atoms with Crippen LogP contribution in [0.4, 0.5) is 4.39 Å². The summed E-state index contributed by atoms with van der Waals surface area (Å²) in [4.78, 5) is 13.3. The summed E-state index contributed by atoms with van der Waals surface area (Å²) in [6.45, 7) is 4.32. The van der Waals surface area contributed by atoms with Crippen molar-refractivity contribution in [2.45, 2.75) is 25.4 Å². The zero-order valence-corrected chi connectivity index (χ0v) is 9.78. The molecular weight excluding hydrogens is 219 g/mol. The van der Waals surface area contributed by atoms with Gasteiger partial charge in [-0.3, -0.25) is 4.79 Å². The van der Waals surface area contributed by atoms with Crippen LogP contribution >= 0.6 is 12.4 Å². The molecule has 2 aliphatic rings. The van der Waals surface area contributed by atoms with Crippen LogP contribution in [0.15, 0.2) is 0 Å². The minimum Gasteiger partial charge on any atom is -0.339 e. The number of carbonyl (C=O) groups is 1. The fraction of sp³-hybridized carbons (Fsp3) is 0.900. The van der Waals surface area contributed by atoms with Crippen LogP contribution in [0.1, 0.15) is 19.8 Å². The third-order valence-electron chi connectivity index (χ3n) is 3.11. The standard InChI is InChI=1S/C10H17FN2O.ClH/c1-10(11)2-3-13(7-10)9(14)4-8-5-12-6-8;/h8,12H,2-7H2,1H3;1H. The van der Waals surface area contributed by atoms with E-state index in [9.17, 15) is 9.18 Å². The minimum absolute atomic E-state index is 0. The molecule has 0 saturated carbocycles. The lowest BCUT2D eigenvalue weighted by Crippen LogP contribution is -2.45. The van der Waals surface area contributed by atoms with E-state index >= 15 is 0 Å². The number of halogens is 2. The molecule has 2 rings (SSSR count). The van der Waals surface area contributed by atoms with Gasteiger partial charge in [-0.15, -0.1) is 12.4 Å². The predicted octanol–water partition coefficient (Wildman–Crippen LogP) is 0.978. The number of carbonyl (C=O) groups excluding carboxylic acids is 1. The molecule has 0 aromatic heterocycles. The minimum atomic E-state index is -1.16. The second-order valence-electron chi connectivity index (χ2n) is 4.71. The smallest absolute Gasteiger partial charge is 0.223 e. The second-order valence-corrected chi connectivity index (χ2v) is 4.71. The maximum Gasteiger partial charge on any atom is 0.223 e. The van der Waals surface area contributed by atoms with Crippen molar-refractivity contribution in [2.75, 3.05) is 26.2 Å². The summed E-state index contributed by atoms with van der Waals surface area (Å²) in [5, 5.41) is 3.13. The Morgan fingerprint density at radius 3 is 2.67 bits per heavy atom. The van der Waals surface area contributed by atoms with Gasteiger partial charge in [-0.05, 0) is 25.9 Å². The lowest BCUT2D eigenvalue weighted by molar-refractivity contribution is -0.132. The van der Waals surface area contributed by atoms with Crippen molar-refractivity contribution in [3.05, 3.63) is 0 Å². The normalized spacial score (nSPS) is 30.9. The van der Waals surface area contributed by atoms with Crippen molar-refractivity contribution >= 4 is 18.3 Å². The molecule has 1 atom stereocenters. The van der Waals surface area contributed by atoms with Crippen molar-refractivity contribution in [2.24, 2.45) is 5.92 Å². The third-order valence-corrected chi connectivity index (χ3v) is 3.11. The van der Waals surface area contributed by atoms with E-state index in [0.29, 0.717) is 25.3 Å². The Hall–Kier alpha value is -0.350. The summed E-state index contributed by atoms with van der Waals surface area (Å²) in [6.07, 6.45) is 1.07. The van der Waals surface area contributed by atoms with Gasteiger partial charge in [-0.2, -0.15) is 0 Å². The van der Waals surface area contributed by atoms with E-state index in [1.165, 1.54) is 0 Å². The summed E-state index contributed by atoms with van der Waals surface area (Å²) in [5.41, 5.74) is -1.16. The molecule has 88 valence electrons. The fourth-order valence-corrected chi connectivity index (χ4v) is 2.01. The van der Waals surface area contributed by atoms with E-state index in [1.54, 1.807) is 11.8 Å². The largest absolute Gasteiger partial charge is 0.339 e. The molecule has 0 aliphatic carbocycles. The first-order valence-electron chi connectivity index (χ1n) is 5.24. The van der Waals surface area contributed by atoms with E-state index in [4.69, 9.17) is 0 Å². The summed E-state index contributed by atoms with van der Waals surface area (Å²) in [5.74, 6) is 0.604. The first-order chi connectivity index (χ1) is 6.57. The number of alkyl halides is 1. The molecule has 15 heavy (non-hydrogen) atoms. The van der Waals surface area contributed by atoms with E-state index in [1.807, 2.05) is 0 Å². The van der Waals surface area contributed by atoms with E-state index in [-0.39, 0.29) is 24.9 Å². The first kappa shape index (κ1) is 12.7. The van der Waals surface area contributed by atoms with Crippen LogP contribution in [-0.2, 0) is 4.79 Å². The third kappa shape index (κ3) is 3.05. The molecular formula is C10H18ClFN2O. The molecule has 0 radical (unpaired) electrons. The number of amides is 1. The van der Waals surface area contributed by atoms with E-state index < -0.39 is 5.67 Å². The molecule has 2 fully saturated rings. The Morgan fingerprint density at radius 2 is 2.27 bits per heavy atom. The first-order valence-corrected chi connectivity index (χ1v) is 5.24. The molecule has 0 aromatic carbocycles. The van der Waals surface area contributed by atoms with Gasteiger partial charge < -0.3 is 10.2 Å². The molecule has 0 bridgehead atoms. The average Bonchev–Trinajstić information content (AvgIpc) is 2.38. The van der Waals surface area contributed by atoms with Gasteiger partial charge in [0.05, 0.1) is 6.54 Å². The van der Waals surface area contributed by atoms with Crippen LogP contribution in [0.5, 0.6) is 0 Å². The number of hydrogen-bond acceptors (Lipinski definition) is 2. The number of nitrogens with one attached hydrogen (secondary N) is 1. The number of nitrogens with zero attached hydrogens (tertiary/aromatic N) is 1. The van der Waals surface area contributed by atoms with Crippen LogP contribution < -0.4 is 5.32 Å². The molecule has 2 aliphatic heterocycles. The topological polar surface area (TPSA) is 32.3 Å². The zero-order valence-electron chi connectivity index (χ0n) is 8.96. The zero-order chi connectivity index (χ0) is 10.2. The van der Waals surface area contributed by atoms with Gasteiger partial charge in [0.15, 0.2) is 0 Å². The van der Waals surface area contributed by atoms with Crippen LogP contribution in [-0.4, -0.2) is 42.7 Å². The van der Waals surface area contributed by atoms with Gasteiger partial charge in [0.25, 0.3) is 0 Å². The Balaban J connectivity index is 0.00000112. The summed E-state index contributed by atoms with van der Waals surface area (Å²) in [6, 6.07) is 0. The van der Waals surface area contributed by atoms with Crippen LogP contribution in [0.2, 0.25) is 0 Å². The highest BCUT2D eigenvalue weighted by atomic mass is 35.5. The Bertz CT molecular complexity index is 244. The molecule has 1 unspecified atom stereocenters. The van der Waals surface area contributed by atoms with Gasteiger partial charge in [0.1, 0.15) is 5.67 Å². The van der Waals surface area contributed by atoms with Crippen molar-refractivity contribution in [3.8, 4) is 0 Å². The molecule has 1 amide bonds. The average molecular weight is 237 g/mol. The predicted molar refractivity (Wildman–Crippen MR) is 58.9 cm³/mol. The molecule has 2 heterocycles. The summed E-state index contributed by atoms with van der Waals surface area (Å²) < 4.78 is 13.4.